The van der Waals surface area contributed by atoms with Gasteiger partial charge in [-0.15, -0.1) is 0 Å². The molecule has 0 amide bonds. The lowest BCUT2D eigenvalue weighted by atomic mass is 9.94. The maximum atomic E-state index is 3.96. The Kier molecular flexibility index (Phi) is 3.08. The van der Waals surface area contributed by atoms with Gasteiger partial charge in [0.15, 0.2) is 0 Å². The van der Waals surface area contributed by atoms with Gasteiger partial charge in [-0.05, 0) is 30.5 Å². The molecule has 0 spiro atoms. The highest BCUT2D eigenvalue weighted by Gasteiger charge is 2.05. The highest BCUT2D eigenvalue weighted by atomic mass is 14.1. The molecule has 0 atom stereocenters. The molecule has 0 fully saturated rings. The first-order chi connectivity index (χ1) is 6.57. The van der Waals surface area contributed by atoms with Crippen LogP contribution in [0.3, 0.4) is 0 Å². The van der Waals surface area contributed by atoms with Crippen molar-refractivity contribution in [3.8, 4) is 0 Å². The van der Waals surface area contributed by atoms with Crippen LogP contribution in [-0.4, -0.2) is 0 Å². The molecule has 0 unspecified atom stereocenters. The topological polar surface area (TPSA) is 0 Å². The van der Waals surface area contributed by atoms with Crippen molar-refractivity contribution in [2.24, 2.45) is 0 Å². The molecule has 0 N–H and O–H groups in total. The van der Waals surface area contributed by atoms with Crippen LogP contribution in [0.5, 0.6) is 0 Å². The Morgan fingerprint density at radius 2 is 1.50 bits per heavy atom. The molecule has 1 rings (SSSR count). The van der Waals surface area contributed by atoms with E-state index < -0.39 is 0 Å². The Bertz CT molecular complexity index is 362. The summed E-state index contributed by atoms with van der Waals surface area (Å²) >= 11 is 0. The maximum absolute atomic E-state index is 3.96. The SMILES string of the molecule is C=Cc1c(C(=C)C)cccc1C(=C)C. The van der Waals surface area contributed by atoms with E-state index in [2.05, 4.69) is 31.9 Å². The largest absolute Gasteiger partial charge is 0.0984 e. The van der Waals surface area contributed by atoms with E-state index in [0.717, 1.165) is 27.8 Å². The van der Waals surface area contributed by atoms with Crippen LogP contribution < -0.4 is 0 Å². The van der Waals surface area contributed by atoms with E-state index in [9.17, 15) is 0 Å². The van der Waals surface area contributed by atoms with Crippen LogP contribution in [0, 0.1) is 0 Å². The lowest BCUT2D eigenvalue weighted by Crippen LogP contribution is -1.90. The van der Waals surface area contributed by atoms with Gasteiger partial charge in [0.25, 0.3) is 0 Å². The molecular formula is C14H16. The Morgan fingerprint density at radius 3 is 1.79 bits per heavy atom. The summed E-state index contributed by atoms with van der Waals surface area (Å²) in [7, 11) is 0. The smallest absolute Gasteiger partial charge is 0.0112 e. The van der Waals surface area contributed by atoms with E-state index >= 15 is 0 Å². The first-order valence-electron chi connectivity index (χ1n) is 4.65. The summed E-state index contributed by atoms with van der Waals surface area (Å²) < 4.78 is 0. The Morgan fingerprint density at radius 1 is 1.07 bits per heavy atom. The summed E-state index contributed by atoms with van der Waals surface area (Å²) in [5.74, 6) is 0. The van der Waals surface area contributed by atoms with E-state index in [0.29, 0.717) is 0 Å². The minimum absolute atomic E-state index is 1.06. The van der Waals surface area contributed by atoms with Crippen molar-refractivity contribution in [2.45, 2.75) is 13.8 Å². The molecule has 0 nitrogen and oxygen atoms in total. The molecule has 0 radical (unpaired) electrons. The van der Waals surface area contributed by atoms with Crippen LogP contribution in [0.2, 0.25) is 0 Å². The highest BCUT2D eigenvalue weighted by molar-refractivity contribution is 5.80. The molecule has 0 saturated heterocycles. The summed E-state index contributed by atoms with van der Waals surface area (Å²) in [6, 6.07) is 6.15. The van der Waals surface area contributed by atoms with Gasteiger partial charge in [0.2, 0.25) is 0 Å². The Balaban J connectivity index is 3.47. The molecular weight excluding hydrogens is 168 g/mol. The van der Waals surface area contributed by atoms with Gasteiger partial charge in [-0.25, -0.2) is 0 Å². The first-order valence-corrected chi connectivity index (χ1v) is 4.65. The van der Waals surface area contributed by atoms with E-state index in [4.69, 9.17) is 0 Å². The Hall–Kier alpha value is -1.56. The molecule has 0 saturated carbocycles. The van der Waals surface area contributed by atoms with Gasteiger partial charge >= 0.3 is 0 Å². The van der Waals surface area contributed by atoms with Crippen LogP contribution >= 0.6 is 0 Å². The van der Waals surface area contributed by atoms with Crippen molar-refractivity contribution in [3.05, 3.63) is 54.6 Å². The fraction of sp³-hybridized carbons (Fsp3) is 0.143. The van der Waals surface area contributed by atoms with Crippen LogP contribution in [0.4, 0.5) is 0 Å². The lowest BCUT2D eigenvalue weighted by Gasteiger charge is -2.11. The molecule has 0 aliphatic heterocycles. The summed E-state index contributed by atoms with van der Waals surface area (Å²) in [6.07, 6.45) is 1.87. The van der Waals surface area contributed by atoms with Gasteiger partial charge < -0.3 is 0 Å². The minimum Gasteiger partial charge on any atom is -0.0984 e. The second-order valence-corrected chi connectivity index (χ2v) is 3.53. The molecule has 0 heterocycles. The zero-order chi connectivity index (χ0) is 10.7. The average Bonchev–Trinajstić information content (AvgIpc) is 2.16. The molecule has 1 aromatic carbocycles. The normalized spacial score (nSPS) is 9.57. The summed E-state index contributed by atoms with van der Waals surface area (Å²) in [6.45, 7) is 15.8. The first kappa shape index (κ1) is 10.5. The van der Waals surface area contributed by atoms with Gasteiger partial charge in [-0.1, -0.05) is 55.2 Å². The molecule has 14 heavy (non-hydrogen) atoms. The summed E-state index contributed by atoms with van der Waals surface area (Å²) in [5, 5.41) is 0. The molecule has 1 aromatic rings. The highest BCUT2D eigenvalue weighted by Crippen LogP contribution is 2.26. The number of rotatable bonds is 3. The predicted octanol–water partition coefficient (Wildman–Crippen LogP) is 4.40. The van der Waals surface area contributed by atoms with Crippen molar-refractivity contribution in [3.63, 3.8) is 0 Å². The van der Waals surface area contributed by atoms with Gasteiger partial charge in [0.1, 0.15) is 0 Å². The van der Waals surface area contributed by atoms with Gasteiger partial charge in [0.05, 0.1) is 0 Å². The van der Waals surface area contributed by atoms with Gasteiger partial charge in [0, 0.05) is 0 Å². The van der Waals surface area contributed by atoms with Crippen LogP contribution in [0.25, 0.3) is 17.2 Å². The molecule has 0 bridgehead atoms. The fourth-order valence-electron chi connectivity index (χ4n) is 1.53. The second kappa shape index (κ2) is 4.10. The van der Waals surface area contributed by atoms with E-state index in [-0.39, 0.29) is 0 Å². The number of allylic oxidation sites excluding steroid dienone is 2. The molecule has 0 aliphatic rings. The van der Waals surface area contributed by atoms with E-state index in [1.807, 2.05) is 26.0 Å². The number of hydrogen-bond acceptors (Lipinski definition) is 0. The minimum atomic E-state index is 1.06. The van der Waals surface area contributed by atoms with E-state index in [1.54, 1.807) is 0 Å². The molecule has 72 valence electrons. The third kappa shape index (κ3) is 1.85. The fourth-order valence-corrected chi connectivity index (χ4v) is 1.53. The van der Waals surface area contributed by atoms with Gasteiger partial charge in [-0.2, -0.15) is 0 Å². The number of hydrogen-bond donors (Lipinski definition) is 0. The Labute approximate surface area is 86.3 Å². The van der Waals surface area contributed by atoms with Crippen molar-refractivity contribution in [2.75, 3.05) is 0 Å². The van der Waals surface area contributed by atoms with Crippen LogP contribution in [-0.2, 0) is 0 Å². The third-order valence-electron chi connectivity index (χ3n) is 2.23. The second-order valence-electron chi connectivity index (χ2n) is 3.53. The van der Waals surface area contributed by atoms with Crippen LogP contribution in [0.1, 0.15) is 30.5 Å². The zero-order valence-electron chi connectivity index (χ0n) is 8.93. The van der Waals surface area contributed by atoms with Crippen molar-refractivity contribution in [1.29, 1.82) is 0 Å². The van der Waals surface area contributed by atoms with E-state index in [1.165, 1.54) is 0 Å². The van der Waals surface area contributed by atoms with Crippen molar-refractivity contribution >= 4 is 17.2 Å². The zero-order valence-corrected chi connectivity index (χ0v) is 8.93. The summed E-state index contributed by atoms with van der Waals surface area (Å²) in [5.41, 5.74) is 5.56. The predicted molar refractivity (Wildman–Crippen MR) is 65.9 cm³/mol. The number of benzene rings is 1. The van der Waals surface area contributed by atoms with Crippen molar-refractivity contribution < 1.29 is 0 Å². The molecule has 0 heteroatoms. The monoisotopic (exact) mass is 184 g/mol. The lowest BCUT2D eigenvalue weighted by molar-refractivity contribution is 1.49. The van der Waals surface area contributed by atoms with Gasteiger partial charge in [-0.3, -0.25) is 0 Å². The van der Waals surface area contributed by atoms with Crippen molar-refractivity contribution in [1.82, 2.24) is 0 Å². The molecule has 0 aromatic heterocycles. The van der Waals surface area contributed by atoms with Crippen LogP contribution in [0.15, 0.2) is 37.9 Å². The quantitative estimate of drug-likeness (QED) is 0.653. The molecule has 0 aliphatic carbocycles. The maximum Gasteiger partial charge on any atom is -0.0112 e. The summed E-state index contributed by atoms with van der Waals surface area (Å²) in [4.78, 5) is 0. The standard InChI is InChI=1S/C14H16/c1-6-12-13(10(2)3)8-7-9-14(12)11(4)5/h6-9H,1-2,4H2,3,5H3. The average molecular weight is 184 g/mol. The third-order valence-corrected chi connectivity index (χ3v) is 2.23.